The number of hydrogen-bond donors (Lipinski definition) is 0. The summed E-state index contributed by atoms with van der Waals surface area (Å²) in [6.45, 7) is 7.98. The fraction of sp³-hybridized carbons (Fsp3) is 0.300. The van der Waals surface area contributed by atoms with E-state index in [-0.39, 0.29) is 10.5 Å². The summed E-state index contributed by atoms with van der Waals surface area (Å²) in [5.74, 6) is -1.10. The summed E-state index contributed by atoms with van der Waals surface area (Å²) in [5.41, 5.74) is 1.40. The lowest BCUT2D eigenvalue weighted by molar-refractivity contribution is -0.134. The molecule has 0 fully saturated rings. The van der Waals surface area contributed by atoms with Crippen molar-refractivity contribution in [2.24, 2.45) is 0 Å². The molecule has 2 rings (SSSR count). The van der Waals surface area contributed by atoms with Crippen LogP contribution in [0.25, 0.3) is 0 Å². The van der Waals surface area contributed by atoms with Gasteiger partial charge in [-0.3, -0.25) is 9.59 Å². The molecule has 0 atom stereocenters. The van der Waals surface area contributed by atoms with Crippen LogP contribution in [0.4, 0.5) is 11.4 Å². The molecule has 0 aliphatic carbocycles. The maximum absolute atomic E-state index is 13.1. The van der Waals surface area contributed by atoms with Crippen LogP contribution >= 0.6 is 23.9 Å². The van der Waals surface area contributed by atoms with Gasteiger partial charge < -0.3 is 0 Å². The number of carbonyl (C=O) groups is 2. The van der Waals surface area contributed by atoms with Crippen LogP contribution in [-0.4, -0.2) is 22.3 Å². The Balaban J connectivity index is 2.34. The van der Waals surface area contributed by atoms with Gasteiger partial charge in [-0.15, -0.1) is 0 Å². The third-order valence-electron chi connectivity index (χ3n) is 3.17. The van der Waals surface area contributed by atoms with Crippen LogP contribution in [-0.2, 0) is 9.59 Å². The van der Waals surface area contributed by atoms with Crippen molar-refractivity contribution < 1.29 is 9.59 Å². The molecule has 0 aliphatic heterocycles. The van der Waals surface area contributed by atoms with E-state index in [1.165, 1.54) is 32.5 Å². The Morgan fingerprint density at radius 3 is 1.23 bits per heavy atom. The van der Waals surface area contributed by atoms with Crippen LogP contribution in [0.1, 0.15) is 27.7 Å². The van der Waals surface area contributed by atoms with Crippen LogP contribution < -0.4 is 8.61 Å². The molecule has 0 aromatic heterocycles. The molecule has 0 radical (unpaired) electrons. The van der Waals surface area contributed by atoms with Crippen LogP contribution in [0.2, 0.25) is 0 Å². The van der Waals surface area contributed by atoms with E-state index in [0.717, 1.165) is 0 Å². The highest BCUT2D eigenvalue weighted by Crippen LogP contribution is 2.30. The van der Waals surface area contributed by atoms with Crippen molar-refractivity contribution in [2.75, 3.05) is 8.61 Å². The molecule has 26 heavy (non-hydrogen) atoms. The third-order valence-corrected chi connectivity index (χ3v) is 5.18. The Hall–Kier alpha value is -1.92. The zero-order chi connectivity index (χ0) is 19.1. The molecule has 0 saturated carbocycles. The molecule has 2 aromatic carbocycles. The van der Waals surface area contributed by atoms with Crippen molar-refractivity contribution in [3.63, 3.8) is 0 Å². The minimum Gasteiger partial charge on any atom is -0.262 e. The molecule has 0 unspecified atom stereocenters. The fourth-order valence-electron chi connectivity index (χ4n) is 2.17. The molecule has 138 valence electrons. The predicted octanol–water partition coefficient (Wildman–Crippen LogP) is 5.17. The zero-order valence-corrected chi connectivity index (χ0v) is 17.1. The molecule has 6 heteroatoms. The van der Waals surface area contributed by atoms with Crippen LogP contribution in [0.3, 0.4) is 0 Å². The lowest BCUT2D eigenvalue weighted by Crippen LogP contribution is -2.41. The lowest BCUT2D eigenvalue weighted by Gasteiger charge is -2.27. The normalized spacial score (nSPS) is 10.8. The van der Waals surface area contributed by atoms with E-state index in [2.05, 4.69) is 0 Å². The van der Waals surface area contributed by atoms with Crippen LogP contribution in [0.15, 0.2) is 60.7 Å². The molecule has 0 aliphatic rings. The van der Waals surface area contributed by atoms with Gasteiger partial charge in [0.2, 0.25) is 0 Å². The molecule has 2 amide bonds. The van der Waals surface area contributed by atoms with Gasteiger partial charge in [-0.05, 0) is 48.2 Å². The summed E-state index contributed by atoms with van der Waals surface area (Å²) in [6, 6.07) is 18.6. The van der Waals surface area contributed by atoms with Crippen molar-refractivity contribution in [3.05, 3.63) is 60.7 Å². The number of para-hydroxylation sites is 2. The standard InChI is InChI=1S/C20H24N2O2S2/c1-15(2)25-21(17-11-7-5-8-12-17)19(23)20(24)22(26-16(3)4)18-13-9-6-10-14-18/h5-16H,1-4H3. The minimum atomic E-state index is -0.549. The maximum Gasteiger partial charge on any atom is 0.327 e. The van der Waals surface area contributed by atoms with Crippen molar-refractivity contribution in [1.29, 1.82) is 0 Å². The Morgan fingerprint density at radius 2 is 0.962 bits per heavy atom. The Labute approximate surface area is 164 Å². The molecule has 0 heterocycles. The molecule has 0 N–H and O–H groups in total. The number of amides is 2. The zero-order valence-electron chi connectivity index (χ0n) is 15.5. The quantitative estimate of drug-likeness (QED) is 0.506. The molecule has 2 aromatic rings. The highest BCUT2D eigenvalue weighted by Gasteiger charge is 2.31. The maximum atomic E-state index is 13.1. The monoisotopic (exact) mass is 388 g/mol. The summed E-state index contributed by atoms with van der Waals surface area (Å²) in [4.78, 5) is 26.2. The smallest absolute Gasteiger partial charge is 0.262 e. The minimum absolute atomic E-state index is 0.162. The van der Waals surface area contributed by atoms with E-state index in [1.807, 2.05) is 88.4 Å². The summed E-state index contributed by atoms with van der Waals surface area (Å²) >= 11 is 2.70. The summed E-state index contributed by atoms with van der Waals surface area (Å²) in [6.07, 6.45) is 0. The van der Waals surface area contributed by atoms with Gasteiger partial charge in [0.1, 0.15) is 0 Å². The van der Waals surface area contributed by atoms with Gasteiger partial charge in [0.15, 0.2) is 0 Å². The van der Waals surface area contributed by atoms with E-state index >= 15 is 0 Å². The highest BCUT2D eigenvalue weighted by atomic mass is 32.2. The number of anilines is 2. The van der Waals surface area contributed by atoms with Crippen molar-refractivity contribution in [2.45, 2.75) is 38.2 Å². The number of benzene rings is 2. The lowest BCUT2D eigenvalue weighted by atomic mass is 10.3. The average Bonchev–Trinajstić information content (AvgIpc) is 2.64. The van der Waals surface area contributed by atoms with Gasteiger partial charge in [0.05, 0.1) is 11.4 Å². The van der Waals surface area contributed by atoms with Gasteiger partial charge in [-0.1, -0.05) is 64.1 Å². The second-order valence-corrected chi connectivity index (χ2v) is 9.22. The largest absolute Gasteiger partial charge is 0.327 e. The Bertz CT molecular complexity index is 658. The van der Waals surface area contributed by atoms with E-state index in [9.17, 15) is 9.59 Å². The van der Waals surface area contributed by atoms with Gasteiger partial charge in [0, 0.05) is 10.5 Å². The van der Waals surface area contributed by atoms with Gasteiger partial charge >= 0.3 is 11.8 Å². The van der Waals surface area contributed by atoms with E-state index in [4.69, 9.17) is 0 Å². The first kappa shape index (κ1) is 20.4. The van der Waals surface area contributed by atoms with E-state index in [1.54, 1.807) is 0 Å². The number of nitrogens with zero attached hydrogens (tertiary/aromatic N) is 2. The molecule has 0 spiro atoms. The van der Waals surface area contributed by atoms with Crippen LogP contribution in [0.5, 0.6) is 0 Å². The van der Waals surface area contributed by atoms with E-state index < -0.39 is 11.8 Å². The first-order valence-electron chi connectivity index (χ1n) is 8.52. The first-order chi connectivity index (χ1) is 12.4. The second-order valence-electron chi connectivity index (χ2n) is 6.18. The second kappa shape index (κ2) is 9.69. The Kier molecular flexibility index (Phi) is 7.60. The van der Waals surface area contributed by atoms with Crippen molar-refractivity contribution in [1.82, 2.24) is 0 Å². The number of hydrogen-bond acceptors (Lipinski definition) is 4. The van der Waals surface area contributed by atoms with Crippen molar-refractivity contribution in [3.8, 4) is 0 Å². The van der Waals surface area contributed by atoms with Gasteiger partial charge in [-0.25, -0.2) is 8.61 Å². The third kappa shape index (κ3) is 5.54. The van der Waals surface area contributed by atoms with Crippen LogP contribution in [0, 0.1) is 0 Å². The SMILES string of the molecule is CC(C)SN(C(=O)C(=O)N(SC(C)C)c1ccccc1)c1ccccc1. The van der Waals surface area contributed by atoms with E-state index in [0.29, 0.717) is 11.4 Å². The van der Waals surface area contributed by atoms with Gasteiger partial charge in [0.25, 0.3) is 0 Å². The predicted molar refractivity (Wildman–Crippen MR) is 113 cm³/mol. The molecule has 0 saturated heterocycles. The number of carbonyl (C=O) groups excluding carboxylic acids is 2. The van der Waals surface area contributed by atoms with Crippen molar-refractivity contribution >= 4 is 47.1 Å². The first-order valence-corrected chi connectivity index (χ1v) is 10.2. The Morgan fingerprint density at radius 1 is 0.654 bits per heavy atom. The number of rotatable bonds is 6. The highest BCUT2D eigenvalue weighted by molar-refractivity contribution is 8.02. The van der Waals surface area contributed by atoms with Gasteiger partial charge in [-0.2, -0.15) is 0 Å². The molecular weight excluding hydrogens is 364 g/mol. The summed E-state index contributed by atoms with van der Waals surface area (Å²) < 4.78 is 2.98. The summed E-state index contributed by atoms with van der Waals surface area (Å²) in [5, 5.41) is 0.324. The fourth-order valence-corrected chi connectivity index (χ4v) is 3.85. The topological polar surface area (TPSA) is 40.6 Å². The summed E-state index contributed by atoms with van der Waals surface area (Å²) in [7, 11) is 0. The molecule has 0 bridgehead atoms. The molecular formula is C20H24N2O2S2. The average molecular weight is 389 g/mol. The molecule has 4 nitrogen and oxygen atoms in total.